The van der Waals surface area contributed by atoms with Crippen LogP contribution in [0.5, 0.6) is 5.75 Å². The lowest BCUT2D eigenvalue weighted by atomic mass is 10.0. The van der Waals surface area contributed by atoms with Crippen LogP contribution in [0.4, 0.5) is 0 Å². The zero-order chi connectivity index (χ0) is 21.6. The molecule has 4 rings (SSSR count). The number of rotatable bonds is 9. The van der Waals surface area contributed by atoms with E-state index in [1.807, 2.05) is 79.0 Å². The van der Waals surface area contributed by atoms with Gasteiger partial charge in [-0.3, -0.25) is 4.79 Å². The number of H-pyrrole nitrogens is 1. The van der Waals surface area contributed by atoms with Crippen LogP contribution in [0.25, 0.3) is 10.9 Å². The number of fused-ring (bicyclic) bond motifs is 1. The topological polar surface area (TPSA) is 74.3 Å². The number of carboxylic acid groups (broad SMARTS) is 1. The van der Waals surface area contributed by atoms with Gasteiger partial charge in [0.25, 0.3) is 0 Å². The number of hydrogen-bond donors (Lipinski definition) is 3. The van der Waals surface area contributed by atoms with Crippen molar-refractivity contribution in [1.82, 2.24) is 10.3 Å². The molecule has 0 saturated heterocycles. The number of para-hydroxylation sites is 1. The maximum absolute atomic E-state index is 11.8. The van der Waals surface area contributed by atoms with Crippen LogP contribution in [0, 0.1) is 0 Å². The number of nitrogens with one attached hydrogen (secondary N) is 2. The summed E-state index contributed by atoms with van der Waals surface area (Å²) in [5.41, 5.74) is 4.07. The number of halogens is 1. The van der Waals surface area contributed by atoms with Crippen LogP contribution in [0.3, 0.4) is 0 Å². The van der Waals surface area contributed by atoms with Crippen LogP contribution in [0.1, 0.15) is 16.7 Å². The summed E-state index contributed by atoms with van der Waals surface area (Å²) in [6.07, 6.45) is 2.29. The normalized spacial score (nSPS) is 12.0. The van der Waals surface area contributed by atoms with Crippen LogP contribution < -0.4 is 10.1 Å². The third-order valence-corrected chi connectivity index (χ3v) is 5.80. The predicted octanol–water partition coefficient (Wildman–Crippen LogP) is 5.29. The molecule has 158 valence electrons. The molecule has 3 N–H and O–H groups in total. The lowest BCUT2D eigenvalue weighted by Gasteiger charge is -2.15. The van der Waals surface area contributed by atoms with Gasteiger partial charge in [-0.25, -0.2) is 0 Å². The Balaban J connectivity index is 1.38. The number of carbonyl (C=O) groups is 1. The molecule has 1 aromatic heterocycles. The minimum atomic E-state index is -0.868. The Hall–Kier alpha value is -3.09. The first kappa shape index (κ1) is 21.2. The van der Waals surface area contributed by atoms with Crippen molar-refractivity contribution in [3.63, 3.8) is 0 Å². The van der Waals surface area contributed by atoms with Crippen LogP contribution in [-0.4, -0.2) is 22.1 Å². The molecule has 0 aliphatic rings. The molecular formula is C25H23BrN2O3. The third-order valence-electron chi connectivity index (χ3n) is 5.18. The van der Waals surface area contributed by atoms with Crippen molar-refractivity contribution in [3.8, 4) is 5.75 Å². The molecule has 0 aliphatic heterocycles. The second-order valence-corrected chi connectivity index (χ2v) is 8.23. The average molecular weight is 479 g/mol. The molecule has 0 amide bonds. The fourth-order valence-electron chi connectivity index (χ4n) is 3.51. The van der Waals surface area contributed by atoms with Gasteiger partial charge in [0.15, 0.2) is 0 Å². The number of hydrogen-bond acceptors (Lipinski definition) is 3. The van der Waals surface area contributed by atoms with Crippen molar-refractivity contribution >= 4 is 32.8 Å². The number of aromatic amines is 1. The minimum absolute atomic E-state index is 0.402. The maximum atomic E-state index is 11.8. The smallest absolute Gasteiger partial charge is 0.321 e. The molecule has 0 bridgehead atoms. The maximum Gasteiger partial charge on any atom is 0.321 e. The van der Waals surface area contributed by atoms with E-state index in [1.54, 1.807) is 0 Å². The van der Waals surface area contributed by atoms with Gasteiger partial charge in [-0.1, -0.05) is 54.6 Å². The molecule has 0 spiro atoms. The second kappa shape index (κ2) is 9.81. The highest BCUT2D eigenvalue weighted by atomic mass is 79.9. The van der Waals surface area contributed by atoms with E-state index >= 15 is 0 Å². The van der Waals surface area contributed by atoms with Crippen LogP contribution in [0.2, 0.25) is 0 Å². The van der Waals surface area contributed by atoms with Crippen molar-refractivity contribution < 1.29 is 14.6 Å². The minimum Gasteiger partial charge on any atom is -0.488 e. The van der Waals surface area contributed by atoms with Crippen molar-refractivity contribution in [3.05, 3.63) is 100 Å². The summed E-state index contributed by atoms with van der Waals surface area (Å²) in [5.74, 6) is -0.117. The Bertz CT molecular complexity index is 1170. The van der Waals surface area contributed by atoms with Crippen molar-refractivity contribution in [2.45, 2.75) is 25.6 Å². The second-order valence-electron chi connectivity index (χ2n) is 7.37. The highest BCUT2D eigenvalue weighted by molar-refractivity contribution is 9.10. The summed E-state index contributed by atoms with van der Waals surface area (Å²) in [5, 5.41) is 13.9. The highest BCUT2D eigenvalue weighted by Crippen LogP contribution is 2.27. The number of aromatic nitrogens is 1. The zero-order valence-corrected chi connectivity index (χ0v) is 18.4. The van der Waals surface area contributed by atoms with E-state index in [4.69, 9.17) is 4.74 Å². The molecule has 4 aromatic rings. The van der Waals surface area contributed by atoms with E-state index in [1.165, 1.54) is 0 Å². The molecule has 3 aromatic carbocycles. The van der Waals surface area contributed by atoms with Crippen LogP contribution in [0.15, 0.2) is 83.5 Å². The fraction of sp³-hybridized carbons (Fsp3) is 0.160. The SMILES string of the molecule is O=C(O)C(Cc1c[nH]c2ccccc12)NCc1ccc(OCc2ccccc2)c(Br)c1. The standard InChI is InChI=1S/C25H23BrN2O3/c26-21-12-18(10-11-24(21)31-16-17-6-2-1-3-7-17)14-27-23(25(29)30)13-19-15-28-22-9-5-4-8-20(19)22/h1-12,15,23,27-28H,13-14,16H2,(H,29,30). The van der Waals surface area contributed by atoms with E-state index < -0.39 is 12.0 Å². The zero-order valence-electron chi connectivity index (χ0n) is 16.8. The van der Waals surface area contributed by atoms with Gasteiger partial charge >= 0.3 is 5.97 Å². The first-order chi connectivity index (χ1) is 15.1. The Morgan fingerprint density at radius 1 is 1.03 bits per heavy atom. The summed E-state index contributed by atoms with van der Waals surface area (Å²) in [6, 6.07) is 23.0. The van der Waals surface area contributed by atoms with E-state index in [0.29, 0.717) is 19.6 Å². The molecule has 5 nitrogen and oxygen atoms in total. The molecule has 0 aliphatic carbocycles. The monoisotopic (exact) mass is 478 g/mol. The number of aliphatic carboxylic acids is 1. The van der Waals surface area contributed by atoms with Gasteiger partial charge in [0.1, 0.15) is 18.4 Å². The van der Waals surface area contributed by atoms with Gasteiger partial charge in [-0.15, -0.1) is 0 Å². The predicted molar refractivity (Wildman–Crippen MR) is 125 cm³/mol. The fourth-order valence-corrected chi connectivity index (χ4v) is 4.06. The van der Waals surface area contributed by atoms with Gasteiger partial charge in [-0.05, 0) is 50.8 Å². The third kappa shape index (κ3) is 5.34. The summed E-state index contributed by atoms with van der Waals surface area (Å²) < 4.78 is 6.73. The first-order valence-electron chi connectivity index (χ1n) is 10.1. The summed E-state index contributed by atoms with van der Waals surface area (Å²) in [4.78, 5) is 15.0. The average Bonchev–Trinajstić information content (AvgIpc) is 3.19. The van der Waals surface area contributed by atoms with Gasteiger partial charge in [0, 0.05) is 30.1 Å². The molecule has 0 saturated carbocycles. The van der Waals surface area contributed by atoms with Gasteiger partial charge in [-0.2, -0.15) is 0 Å². The molecular weight excluding hydrogens is 456 g/mol. The Morgan fingerprint density at radius 3 is 2.58 bits per heavy atom. The van der Waals surface area contributed by atoms with Crippen LogP contribution in [-0.2, 0) is 24.4 Å². The van der Waals surface area contributed by atoms with Crippen molar-refractivity contribution in [2.24, 2.45) is 0 Å². The van der Waals surface area contributed by atoms with Gasteiger partial charge in [0.05, 0.1) is 4.47 Å². The van der Waals surface area contributed by atoms with Crippen LogP contribution >= 0.6 is 15.9 Å². The van der Waals surface area contributed by atoms with E-state index in [-0.39, 0.29) is 0 Å². The van der Waals surface area contributed by atoms with E-state index in [0.717, 1.165) is 37.8 Å². The Labute approximate surface area is 189 Å². The lowest BCUT2D eigenvalue weighted by molar-refractivity contribution is -0.139. The Kier molecular flexibility index (Phi) is 6.70. The van der Waals surface area contributed by atoms with Crippen molar-refractivity contribution in [1.29, 1.82) is 0 Å². The molecule has 0 radical (unpaired) electrons. The van der Waals surface area contributed by atoms with Crippen molar-refractivity contribution in [2.75, 3.05) is 0 Å². The lowest BCUT2D eigenvalue weighted by Crippen LogP contribution is -2.38. The molecule has 1 atom stereocenters. The van der Waals surface area contributed by atoms with E-state index in [2.05, 4.69) is 26.2 Å². The Morgan fingerprint density at radius 2 is 1.81 bits per heavy atom. The summed E-state index contributed by atoms with van der Waals surface area (Å²) in [6.45, 7) is 0.930. The molecule has 6 heteroatoms. The van der Waals surface area contributed by atoms with Gasteiger partial charge in [0.2, 0.25) is 0 Å². The molecule has 1 heterocycles. The van der Waals surface area contributed by atoms with E-state index in [9.17, 15) is 9.90 Å². The largest absolute Gasteiger partial charge is 0.488 e. The quantitative estimate of drug-likeness (QED) is 0.305. The number of benzene rings is 3. The molecule has 31 heavy (non-hydrogen) atoms. The summed E-state index contributed by atoms with van der Waals surface area (Å²) in [7, 11) is 0. The van der Waals surface area contributed by atoms with Gasteiger partial charge < -0.3 is 20.1 Å². The number of carboxylic acids is 1. The summed E-state index contributed by atoms with van der Waals surface area (Å²) >= 11 is 3.56. The number of ether oxygens (including phenoxy) is 1. The molecule has 0 fully saturated rings. The first-order valence-corrected chi connectivity index (χ1v) is 10.9. The molecule has 1 unspecified atom stereocenters. The highest BCUT2D eigenvalue weighted by Gasteiger charge is 2.19.